The van der Waals surface area contributed by atoms with Gasteiger partial charge in [0, 0.05) is 18.2 Å². The maximum atomic E-state index is 13.0. The Balaban J connectivity index is 2.38. The van der Waals surface area contributed by atoms with Crippen LogP contribution in [-0.4, -0.2) is 11.0 Å². The van der Waals surface area contributed by atoms with Crippen molar-refractivity contribution in [2.45, 2.75) is 0 Å². The smallest absolute Gasteiger partial charge is 0.173 e. The first-order valence-electron chi connectivity index (χ1n) is 5.31. The second-order valence-electron chi connectivity index (χ2n) is 3.69. The first-order valence-corrected chi connectivity index (χ1v) is 5.31. The highest BCUT2D eigenvalue weighted by Crippen LogP contribution is 2.26. The van der Waals surface area contributed by atoms with Crippen molar-refractivity contribution < 1.29 is 18.7 Å². The number of halogens is 2. The molecule has 0 unspecified atom stereocenters. The molecule has 0 amide bonds. The van der Waals surface area contributed by atoms with Crippen LogP contribution in [0.5, 0.6) is 11.5 Å². The van der Waals surface area contributed by atoms with E-state index in [1.54, 1.807) is 18.2 Å². The van der Waals surface area contributed by atoms with E-state index in [-0.39, 0.29) is 17.3 Å². The van der Waals surface area contributed by atoms with Gasteiger partial charge in [-0.25, -0.2) is 8.78 Å². The molecule has 19 heavy (non-hydrogen) atoms. The predicted octanol–water partition coefficient (Wildman–Crippen LogP) is 2.85. The maximum absolute atomic E-state index is 13.0. The van der Waals surface area contributed by atoms with E-state index >= 15 is 0 Å². The second kappa shape index (κ2) is 5.34. The zero-order valence-corrected chi connectivity index (χ0v) is 9.68. The largest absolute Gasteiger partial charge is 0.456 e. The molecule has 3 N–H and O–H groups in total. The summed E-state index contributed by atoms with van der Waals surface area (Å²) in [5.41, 5.74) is 5.79. The molecule has 0 aliphatic carbocycles. The quantitative estimate of drug-likeness (QED) is 0.387. The lowest BCUT2D eigenvalue weighted by Crippen LogP contribution is -2.14. The molecule has 6 heteroatoms. The van der Waals surface area contributed by atoms with Gasteiger partial charge in [-0.15, -0.1) is 0 Å². The van der Waals surface area contributed by atoms with Gasteiger partial charge >= 0.3 is 0 Å². The Morgan fingerprint density at radius 2 is 1.74 bits per heavy atom. The van der Waals surface area contributed by atoms with Crippen molar-refractivity contribution in [2.24, 2.45) is 10.9 Å². The van der Waals surface area contributed by atoms with E-state index in [2.05, 4.69) is 5.16 Å². The lowest BCUT2D eigenvalue weighted by atomic mass is 10.2. The van der Waals surface area contributed by atoms with Crippen LogP contribution in [0.25, 0.3) is 0 Å². The van der Waals surface area contributed by atoms with Crippen molar-refractivity contribution in [2.75, 3.05) is 0 Å². The number of benzene rings is 2. The van der Waals surface area contributed by atoms with Crippen LogP contribution in [0.1, 0.15) is 5.56 Å². The van der Waals surface area contributed by atoms with E-state index in [1.165, 1.54) is 6.07 Å². The van der Waals surface area contributed by atoms with Crippen molar-refractivity contribution in [3.05, 3.63) is 59.7 Å². The minimum atomic E-state index is -0.753. The number of nitrogens with zero attached hydrogens (tertiary/aromatic N) is 1. The van der Waals surface area contributed by atoms with Crippen molar-refractivity contribution in [1.29, 1.82) is 0 Å². The number of rotatable bonds is 3. The van der Waals surface area contributed by atoms with E-state index in [1.807, 2.05) is 0 Å². The normalized spacial score (nSPS) is 11.4. The average molecular weight is 264 g/mol. The third-order valence-corrected chi connectivity index (χ3v) is 2.33. The highest BCUT2D eigenvalue weighted by molar-refractivity contribution is 5.99. The number of nitrogens with two attached hydrogens (primary N) is 1. The summed E-state index contributed by atoms with van der Waals surface area (Å²) in [6.45, 7) is 0. The van der Waals surface area contributed by atoms with Gasteiger partial charge < -0.3 is 15.7 Å². The second-order valence-corrected chi connectivity index (χ2v) is 3.69. The molecule has 0 radical (unpaired) electrons. The van der Waals surface area contributed by atoms with Crippen LogP contribution in [0.4, 0.5) is 8.78 Å². The summed E-state index contributed by atoms with van der Waals surface area (Å²) in [6.07, 6.45) is 0. The Kier molecular flexibility index (Phi) is 3.61. The molecule has 0 aromatic heterocycles. The van der Waals surface area contributed by atoms with Crippen LogP contribution < -0.4 is 10.5 Å². The Morgan fingerprint density at radius 3 is 2.37 bits per heavy atom. The Morgan fingerprint density at radius 1 is 1.11 bits per heavy atom. The van der Waals surface area contributed by atoms with Gasteiger partial charge in [-0.1, -0.05) is 17.3 Å². The molecule has 0 saturated carbocycles. The van der Waals surface area contributed by atoms with Crippen LogP contribution in [0.2, 0.25) is 0 Å². The van der Waals surface area contributed by atoms with Crippen LogP contribution in [0, 0.1) is 11.6 Å². The van der Waals surface area contributed by atoms with Gasteiger partial charge in [-0.2, -0.15) is 0 Å². The lowest BCUT2D eigenvalue weighted by Gasteiger charge is -2.10. The van der Waals surface area contributed by atoms with E-state index < -0.39 is 11.6 Å². The van der Waals surface area contributed by atoms with E-state index in [0.29, 0.717) is 5.56 Å². The SMILES string of the molecule is NC(=NO)c1ccccc1Oc1cc(F)cc(F)c1. The summed E-state index contributed by atoms with van der Waals surface area (Å²) in [7, 11) is 0. The first kappa shape index (κ1) is 12.8. The molecule has 2 aromatic carbocycles. The first-order chi connectivity index (χ1) is 9.10. The van der Waals surface area contributed by atoms with Crippen molar-refractivity contribution in [3.63, 3.8) is 0 Å². The number of hydrogen-bond donors (Lipinski definition) is 2. The minimum absolute atomic E-state index is 0.0179. The fourth-order valence-electron chi connectivity index (χ4n) is 1.54. The van der Waals surface area contributed by atoms with Gasteiger partial charge in [0.1, 0.15) is 23.1 Å². The third kappa shape index (κ3) is 2.98. The molecule has 0 spiro atoms. The molecule has 2 aromatic rings. The van der Waals surface area contributed by atoms with Crippen LogP contribution in [-0.2, 0) is 0 Å². The molecule has 0 fully saturated rings. The summed E-state index contributed by atoms with van der Waals surface area (Å²) in [6, 6.07) is 9.21. The average Bonchev–Trinajstić information content (AvgIpc) is 2.37. The van der Waals surface area contributed by atoms with Gasteiger partial charge in [-0.3, -0.25) is 0 Å². The summed E-state index contributed by atoms with van der Waals surface area (Å²) >= 11 is 0. The third-order valence-electron chi connectivity index (χ3n) is 2.33. The fourth-order valence-corrected chi connectivity index (χ4v) is 1.54. The Hall–Kier alpha value is -2.63. The summed E-state index contributed by atoms with van der Waals surface area (Å²) in [4.78, 5) is 0. The Bertz CT molecular complexity index is 610. The van der Waals surface area contributed by atoms with Gasteiger partial charge in [0.05, 0.1) is 5.56 Å². The number of ether oxygens (including phenoxy) is 1. The molecule has 0 bridgehead atoms. The van der Waals surface area contributed by atoms with E-state index in [0.717, 1.165) is 18.2 Å². The van der Waals surface area contributed by atoms with Crippen LogP contribution in [0.15, 0.2) is 47.6 Å². The lowest BCUT2D eigenvalue weighted by molar-refractivity contribution is 0.318. The molecular weight excluding hydrogens is 254 g/mol. The van der Waals surface area contributed by atoms with Gasteiger partial charge in [0.25, 0.3) is 0 Å². The van der Waals surface area contributed by atoms with Crippen LogP contribution in [0.3, 0.4) is 0 Å². The number of amidine groups is 1. The molecule has 0 heterocycles. The highest BCUT2D eigenvalue weighted by atomic mass is 19.1. The van der Waals surface area contributed by atoms with Gasteiger partial charge in [0.2, 0.25) is 0 Å². The van der Waals surface area contributed by atoms with Crippen molar-refractivity contribution in [1.82, 2.24) is 0 Å². The van der Waals surface area contributed by atoms with Crippen LogP contribution >= 0.6 is 0 Å². The molecule has 0 saturated heterocycles. The topological polar surface area (TPSA) is 67.8 Å². The van der Waals surface area contributed by atoms with E-state index in [9.17, 15) is 8.78 Å². The molecule has 0 aliphatic rings. The number of oxime groups is 1. The predicted molar refractivity (Wildman–Crippen MR) is 65.4 cm³/mol. The zero-order chi connectivity index (χ0) is 13.8. The zero-order valence-electron chi connectivity index (χ0n) is 9.68. The molecule has 4 nitrogen and oxygen atoms in total. The summed E-state index contributed by atoms with van der Waals surface area (Å²) in [5.74, 6) is -1.46. The summed E-state index contributed by atoms with van der Waals surface area (Å²) in [5, 5.41) is 11.5. The minimum Gasteiger partial charge on any atom is -0.456 e. The maximum Gasteiger partial charge on any atom is 0.173 e. The summed E-state index contributed by atoms with van der Waals surface area (Å²) < 4.78 is 31.4. The Labute approximate surface area is 107 Å². The molecular formula is C13H10F2N2O2. The number of hydrogen-bond acceptors (Lipinski definition) is 3. The highest BCUT2D eigenvalue weighted by Gasteiger charge is 2.09. The molecule has 0 atom stereocenters. The molecule has 2 rings (SSSR count). The van der Waals surface area contributed by atoms with Gasteiger partial charge in [-0.05, 0) is 12.1 Å². The van der Waals surface area contributed by atoms with Crippen molar-refractivity contribution >= 4 is 5.84 Å². The fraction of sp³-hybridized carbons (Fsp3) is 0. The van der Waals surface area contributed by atoms with Crippen molar-refractivity contribution in [3.8, 4) is 11.5 Å². The molecule has 0 aliphatic heterocycles. The molecule has 98 valence electrons. The number of para-hydroxylation sites is 1. The van der Waals surface area contributed by atoms with Gasteiger partial charge in [0.15, 0.2) is 5.84 Å². The standard InChI is InChI=1S/C13H10F2N2O2/c14-8-5-9(15)7-10(6-8)19-12-4-2-1-3-11(12)13(16)17-18/h1-7,18H,(H2,16,17). The van der Waals surface area contributed by atoms with E-state index in [4.69, 9.17) is 15.7 Å². The monoisotopic (exact) mass is 264 g/mol.